The van der Waals surface area contributed by atoms with E-state index in [1.807, 2.05) is 13.8 Å². The molecule has 1 saturated heterocycles. The molecule has 1 fully saturated rings. The molecule has 7 heteroatoms. The first-order chi connectivity index (χ1) is 10.6. The average molecular weight is 343 g/mol. The van der Waals surface area contributed by atoms with E-state index in [2.05, 4.69) is 0 Å². The van der Waals surface area contributed by atoms with Crippen molar-refractivity contribution in [2.24, 2.45) is 0 Å². The first-order valence-corrected chi connectivity index (χ1v) is 8.98. The Balaban J connectivity index is 2.52. The van der Waals surface area contributed by atoms with Gasteiger partial charge in [0.05, 0.1) is 36.9 Å². The normalized spacial score (nSPS) is 22.1. The predicted molar refractivity (Wildman–Crippen MR) is 87.3 cm³/mol. The van der Waals surface area contributed by atoms with Crippen LogP contribution >= 0.6 is 0 Å². The fourth-order valence-corrected chi connectivity index (χ4v) is 5.10. The molecule has 0 bridgehead atoms. The van der Waals surface area contributed by atoms with Crippen LogP contribution in [0.3, 0.4) is 0 Å². The predicted octanol–water partition coefficient (Wildman–Crippen LogP) is 1.47. The van der Waals surface area contributed by atoms with Crippen LogP contribution in [-0.4, -0.2) is 56.3 Å². The lowest BCUT2D eigenvalue weighted by molar-refractivity contribution is -0.0972. The minimum absolute atomic E-state index is 0.178. The van der Waals surface area contributed by atoms with Crippen LogP contribution in [0.4, 0.5) is 0 Å². The molecular weight excluding hydrogens is 318 g/mol. The van der Waals surface area contributed by atoms with Crippen molar-refractivity contribution in [1.29, 1.82) is 0 Å². The number of sulfonamides is 1. The number of aliphatic hydroxyl groups excluding tert-OH is 1. The third-order valence-corrected chi connectivity index (χ3v) is 6.26. The highest BCUT2D eigenvalue weighted by atomic mass is 32.2. The topological polar surface area (TPSA) is 76.1 Å². The Morgan fingerprint density at radius 3 is 2.39 bits per heavy atom. The SMILES string of the molecule is COc1cc(C)c(S(=O)(=O)N2CC(C)(C)OCC2CO)c(C)c1. The van der Waals surface area contributed by atoms with Gasteiger partial charge in [0.1, 0.15) is 5.75 Å². The van der Waals surface area contributed by atoms with E-state index < -0.39 is 21.7 Å². The van der Waals surface area contributed by atoms with Gasteiger partial charge < -0.3 is 14.6 Å². The van der Waals surface area contributed by atoms with Gasteiger partial charge >= 0.3 is 0 Å². The second-order valence-corrected chi connectivity index (χ2v) is 8.38. The minimum atomic E-state index is -3.74. The maximum Gasteiger partial charge on any atom is 0.244 e. The quantitative estimate of drug-likeness (QED) is 0.896. The Labute approximate surface area is 138 Å². The summed E-state index contributed by atoms with van der Waals surface area (Å²) in [4.78, 5) is 0.273. The van der Waals surface area contributed by atoms with Gasteiger partial charge in [0.25, 0.3) is 0 Å². The van der Waals surface area contributed by atoms with Gasteiger partial charge in [-0.15, -0.1) is 0 Å². The first kappa shape index (κ1) is 18.2. The molecule has 130 valence electrons. The van der Waals surface area contributed by atoms with Crippen LogP contribution in [0.25, 0.3) is 0 Å². The number of methoxy groups -OCH3 is 1. The lowest BCUT2D eigenvalue weighted by Gasteiger charge is -2.42. The summed E-state index contributed by atoms with van der Waals surface area (Å²) in [6.07, 6.45) is 0. The molecule has 1 N–H and O–H groups in total. The highest BCUT2D eigenvalue weighted by molar-refractivity contribution is 7.89. The molecule has 0 saturated carbocycles. The van der Waals surface area contributed by atoms with Gasteiger partial charge in [-0.2, -0.15) is 4.31 Å². The maximum absolute atomic E-state index is 13.2. The second-order valence-electron chi connectivity index (χ2n) is 6.55. The smallest absolute Gasteiger partial charge is 0.244 e. The lowest BCUT2D eigenvalue weighted by Crippen LogP contribution is -2.57. The van der Waals surface area contributed by atoms with Gasteiger partial charge in [-0.1, -0.05) is 0 Å². The summed E-state index contributed by atoms with van der Waals surface area (Å²) in [5, 5.41) is 9.56. The third-order valence-electron chi connectivity index (χ3n) is 4.06. The van der Waals surface area contributed by atoms with Crippen molar-refractivity contribution >= 4 is 10.0 Å². The molecule has 1 aliphatic rings. The zero-order valence-corrected chi connectivity index (χ0v) is 15.1. The van der Waals surface area contributed by atoms with Crippen LogP contribution in [0.5, 0.6) is 5.75 Å². The van der Waals surface area contributed by atoms with Gasteiger partial charge in [0.15, 0.2) is 0 Å². The van der Waals surface area contributed by atoms with E-state index in [0.717, 1.165) is 0 Å². The summed E-state index contributed by atoms with van der Waals surface area (Å²) in [6.45, 7) is 7.30. The van der Waals surface area contributed by atoms with Crippen molar-refractivity contribution in [3.8, 4) is 5.75 Å². The fourth-order valence-electron chi connectivity index (χ4n) is 2.93. The summed E-state index contributed by atoms with van der Waals surface area (Å²) in [7, 11) is -2.19. The van der Waals surface area contributed by atoms with E-state index in [1.165, 1.54) is 4.31 Å². The molecule has 1 heterocycles. The molecule has 0 amide bonds. The molecule has 1 atom stereocenters. The molecule has 0 radical (unpaired) electrons. The number of hydrogen-bond donors (Lipinski definition) is 1. The summed E-state index contributed by atoms with van der Waals surface area (Å²) in [6, 6.07) is 2.84. The Morgan fingerprint density at radius 1 is 1.35 bits per heavy atom. The molecule has 1 aromatic rings. The van der Waals surface area contributed by atoms with E-state index in [4.69, 9.17) is 9.47 Å². The van der Waals surface area contributed by atoms with Crippen LogP contribution in [0.1, 0.15) is 25.0 Å². The van der Waals surface area contributed by atoms with Crippen molar-refractivity contribution in [1.82, 2.24) is 4.31 Å². The maximum atomic E-state index is 13.2. The number of ether oxygens (including phenoxy) is 2. The fraction of sp³-hybridized carbons (Fsp3) is 0.625. The highest BCUT2D eigenvalue weighted by Crippen LogP contribution is 2.32. The van der Waals surface area contributed by atoms with E-state index in [1.54, 1.807) is 33.1 Å². The van der Waals surface area contributed by atoms with Crippen LogP contribution in [0, 0.1) is 13.8 Å². The summed E-state index contributed by atoms with van der Waals surface area (Å²) in [5.41, 5.74) is 0.665. The van der Waals surface area contributed by atoms with Gasteiger partial charge in [-0.25, -0.2) is 8.42 Å². The zero-order chi connectivity index (χ0) is 17.4. The number of aliphatic hydroxyl groups is 1. The number of rotatable bonds is 4. The van der Waals surface area contributed by atoms with Crippen molar-refractivity contribution in [3.63, 3.8) is 0 Å². The summed E-state index contributed by atoms with van der Waals surface area (Å²) < 4.78 is 38.6. The molecule has 2 rings (SSSR count). The van der Waals surface area contributed by atoms with Crippen molar-refractivity contribution in [2.75, 3.05) is 26.9 Å². The number of benzene rings is 1. The Morgan fingerprint density at radius 2 is 1.91 bits per heavy atom. The van der Waals surface area contributed by atoms with Crippen molar-refractivity contribution in [3.05, 3.63) is 23.3 Å². The molecule has 1 aromatic carbocycles. The zero-order valence-electron chi connectivity index (χ0n) is 14.3. The number of morpholine rings is 1. The monoisotopic (exact) mass is 343 g/mol. The largest absolute Gasteiger partial charge is 0.497 e. The number of nitrogens with zero attached hydrogens (tertiary/aromatic N) is 1. The molecule has 0 spiro atoms. The van der Waals surface area contributed by atoms with Crippen molar-refractivity contribution < 1.29 is 23.0 Å². The molecule has 0 aromatic heterocycles. The highest BCUT2D eigenvalue weighted by Gasteiger charge is 2.41. The van der Waals surface area contributed by atoms with Gasteiger partial charge in [0.2, 0.25) is 10.0 Å². The van der Waals surface area contributed by atoms with Crippen LogP contribution in [-0.2, 0) is 14.8 Å². The van der Waals surface area contributed by atoms with E-state index in [0.29, 0.717) is 16.9 Å². The van der Waals surface area contributed by atoms with Crippen LogP contribution in [0.2, 0.25) is 0 Å². The lowest BCUT2D eigenvalue weighted by atomic mass is 10.1. The van der Waals surface area contributed by atoms with E-state index in [9.17, 15) is 13.5 Å². The second kappa shape index (κ2) is 6.39. The summed E-state index contributed by atoms with van der Waals surface area (Å²) >= 11 is 0. The molecular formula is C16H25NO5S. The van der Waals surface area contributed by atoms with Crippen molar-refractivity contribution in [2.45, 2.75) is 44.2 Å². The molecule has 6 nitrogen and oxygen atoms in total. The minimum Gasteiger partial charge on any atom is -0.497 e. The molecule has 23 heavy (non-hydrogen) atoms. The number of aryl methyl sites for hydroxylation is 2. The van der Waals surface area contributed by atoms with Gasteiger partial charge in [-0.05, 0) is 51.0 Å². The third kappa shape index (κ3) is 3.52. The Bertz CT molecular complexity index is 661. The molecule has 1 unspecified atom stereocenters. The average Bonchev–Trinajstić information content (AvgIpc) is 2.45. The Hall–Kier alpha value is -1.15. The number of hydrogen-bond acceptors (Lipinski definition) is 5. The first-order valence-electron chi connectivity index (χ1n) is 7.54. The van der Waals surface area contributed by atoms with E-state index >= 15 is 0 Å². The Kier molecular flexibility index (Phi) is 5.06. The molecule has 1 aliphatic heterocycles. The summed E-state index contributed by atoms with van der Waals surface area (Å²) in [5.74, 6) is 0.625. The van der Waals surface area contributed by atoms with E-state index in [-0.39, 0.29) is 24.7 Å². The standard InChI is InChI=1S/C16H25NO5S/c1-11-6-14(21-5)7-12(2)15(11)23(19,20)17-10-16(3,4)22-9-13(17)8-18/h6-7,13,18H,8-10H2,1-5H3. The van der Waals surface area contributed by atoms with Gasteiger partial charge in [0, 0.05) is 6.54 Å². The van der Waals surface area contributed by atoms with Crippen LogP contribution < -0.4 is 4.74 Å². The molecule has 0 aliphatic carbocycles. The van der Waals surface area contributed by atoms with Gasteiger partial charge in [-0.3, -0.25) is 0 Å². The van der Waals surface area contributed by atoms with Crippen LogP contribution in [0.15, 0.2) is 17.0 Å².